The molecule has 2 aromatic carbocycles. The third-order valence-electron chi connectivity index (χ3n) is 5.72. The second-order valence-corrected chi connectivity index (χ2v) is 10.0. The van der Waals surface area contributed by atoms with E-state index in [0.717, 1.165) is 11.1 Å². The summed E-state index contributed by atoms with van der Waals surface area (Å²) < 4.78 is 15.7. The van der Waals surface area contributed by atoms with Gasteiger partial charge in [-0.2, -0.15) is 0 Å². The number of carboxylic acids is 1. The average Bonchev–Trinajstić information content (AvgIpc) is 2.72. The van der Waals surface area contributed by atoms with E-state index in [1.165, 1.54) is 6.07 Å². The molecule has 0 bridgehead atoms. The van der Waals surface area contributed by atoms with Gasteiger partial charge in [0.2, 0.25) is 5.91 Å². The van der Waals surface area contributed by atoms with Crippen LogP contribution in [-0.4, -0.2) is 30.1 Å². The van der Waals surface area contributed by atoms with Crippen molar-refractivity contribution >= 4 is 23.3 Å². The molecule has 0 aliphatic carbocycles. The number of nitrogens with zero attached hydrogens (tertiary/aromatic N) is 1. The Hall–Kier alpha value is -2.89. The lowest BCUT2D eigenvalue weighted by atomic mass is 9.92. The van der Waals surface area contributed by atoms with E-state index >= 15 is 4.39 Å². The van der Waals surface area contributed by atoms with Crippen molar-refractivity contribution in [2.75, 3.05) is 23.3 Å². The van der Waals surface area contributed by atoms with Crippen molar-refractivity contribution < 1.29 is 19.1 Å². The molecule has 186 valence electrons. The monoisotopic (exact) mass is 470 g/mol. The summed E-state index contributed by atoms with van der Waals surface area (Å²) in [5.41, 5.74) is 3.35. The molecule has 0 fully saturated rings. The molecule has 0 aliphatic heterocycles. The Balaban J connectivity index is 2.50. The van der Waals surface area contributed by atoms with Gasteiger partial charge in [0.1, 0.15) is 5.82 Å². The summed E-state index contributed by atoms with van der Waals surface area (Å²) in [4.78, 5) is 26.3. The molecule has 2 rings (SSSR count). The van der Waals surface area contributed by atoms with Crippen molar-refractivity contribution in [2.45, 2.75) is 66.7 Å². The van der Waals surface area contributed by atoms with Crippen LogP contribution in [0.5, 0.6) is 0 Å². The van der Waals surface area contributed by atoms with Gasteiger partial charge in [-0.1, -0.05) is 64.4 Å². The van der Waals surface area contributed by atoms with Crippen LogP contribution < -0.4 is 10.2 Å². The quantitative estimate of drug-likeness (QED) is 0.376. The number of anilines is 2. The molecule has 2 aromatic rings. The van der Waals surface area contributed by atoms with Gasteiger partial charge in [0.15, 0.2) is 0 Å². The molecule has 5 nitrogen and oxygen atoms in total. The Labute approximate surface area is 203 Å². The molecule has 0 aliphatic rings. The third kappa shape index (κ3) is 8.15. The Bertz CT molecular complexity index is 960. The molecule has 34 heavy (non-hydrogen) atoms. The number of carboxylic acid groups (broad SMARTS) is 1. The number of amides is 1. The van der Waals surface area contributed by atoms with Crippen LogP contribution in [0.1, 0.15) is 70.1 Å². The first-order valence-electron chi connectivity index (χ1n) is 12.2. The Morgan fingerprint density at radius 3 is 2.12 bits per heavy atom. The molecule has 0 saturated heterocycles. The molecule has 0 heterocycles. The standard InChI is InChI=1S/C28H39FN2O3/c1-7-22(15-27(33)34)23-13-24(29)28(31(16-18(2)3)17-19(4)5)25(14-23)30-26(32)12-21-10-8-20(6)9-11-21/h8-11,13-14,18-19,22H,7,12,15-17H2,1-6H3,(H,30,32)(H,33,34). The maximum atomic E-state index is 15.7. The summed E-state index contributed by atoms with van der Waals surface area (Å²) in [5.74, 6) is -1.34. The van der Waals surface area contributed by atoms with Gasteiger partial charge in [0.05, 0.1) is 24.2 Å². The van der Waals surface area contributed by atoms with Gasteiger partial charge in [0, 0.05) is 13.1 Å². The molecule has 0 radical (unpaired) electrons. The van der Waals surface area contributed by atoms with Crippen LogP contribution in [0.3, 0.4) is 0 Å². The van der Waals surface area contributed by atoms with Crippen LogP contribution in [0.2, 0.25) is 0 Å². The Morgan fingerprint density at radius 2 is 1.62 bits per heavy atom. The van der Waals surface area contributed by atoms with E-state index in [2.05, 4.69) is 33.0 Å². The highest BCUT2D eigenvalue weighted by molar-refractivity contribution is 5.96. The second kappa shape index (κ2) is 12.5. The van der Waals surface area contributed by atoms with E-state index in [-0.39, 0.29) is 24.7 Å². The van der Waals surface area contributed by atoms with Gasteiger partial charge in [-0.3, -0.25) is 9.59 Å². The normalized spacial score (nSPS) is 12.1. The van der Waals surface area contributed by atoms with Crippen LogP contribution in [0.4, 0.5) is 15.8 Å². The first-order chi connectivity index (χ1) is 16.0. The van der Waals surface area contributed by atoms with Crippen molar-refractivity contribution in [1.82, 2.24) is 0 Å². The predicted molar refractivity (Wildman–Crippen MR) is 137 cm³/mol. The second-order valence-electron chi connectivity index (χ2n) is 10.0. The highest BCUT2D eigenvalue weighted by atomic mass is 19.1. The zero-order valence-corrected chi connectivity index (χ0v) is 21.3. The molecule has 1 amide bonds. The molecular weight excluding hydrogens is 431 g/mol. The smallest absolute Gasteiger partial charge is 0.303 e. The first kappa shape index (κ1) is 27.4. The number of nitrogens with one attached hydrogen (secondary N) is 1. The largest absolute Gasteiger partial charge is 0.481 e. The van der Waals surface area contributed by atoms with Crippen LogP contribution in [0, 0.1) is 24.6 Å². The van der Waals surface area contributed by atoms with E-state index in [9.17, 15) is 14.7 Å². The van der Waals surface area contributed by atoms with E-state index in [1.54, 1.807) is 6.07 Å². The Morgan fingerprint density at radius 1 is 1.03 bits per heavy atom. The lowest BCUT2D eigenvalue weighted by Crippen LogP contribution is -2.33. The molecule has 1 unspecified atom stereocenters. The van der Waals surface area contributed by atoms with Gasteiger partial charge in [-0.15, -0.1) is 0 Å². The van der Waals surface area contributed by atoms with E-state index in [0.29, 0.717) is 48.3 Å². The first-order valence-corrected chi connectivity index (χ1v) is 12.2. The highest BCUT2D eigenvalue weighted by Crippen LogP contribution is 2.36. The van der Waals surface area contributed by atoms with Gasteiger partial charge >= 0.3 is 5.97 Å². The van der Waals surface area contributed by atoms with Gasteiger partial charge < -0.3 is 15.3 Å². The topological polar surface area (TPSA) is 69.6 Å². The van der Waals surface area contributed by atoms with Gasteiger partial charge in [-0.25, -0.2) is 4.39 Å². The van der Waals surface area contributed by atoms with Crippen LogP contribution >= 0.6 is 0 Å². The number of aliphatic carboxylic acids is 1. The van der Waals surface area contributed by atoms with E-state index in [1.807, 2.05) is 43.0 Å². The van der Waals surface area contributed by atoms with Crippen molar-refractivity contribution in [3.8, 4) is 0 Å². The zero-order chi connectivity index (χ0) is 25.4. The minimum absolute atomic E-state index is 0.0895. The number of benzene rings is 2. The maximum Gasteiger partial charge on any atom is 0.303 e. The van der Waals surface area contributed by atoms with E-state index < -0.39 is 11.8 Å². The zero-order valence-electron chi connectivity index (χ0n) is 21.3. The average molecular weight is 471 g/mol. The predicted octanol–water partition coefficient (Wildman–Crippen LogP) is 6.40. The van der Waals surface area contributed by atoms with Gasteiger partial charge in [-0.05, 0) is 54.4 Å². The number of halogens is 1. The fourth-order valence-corrected chi connectivity index (χ4v) is 4.21. The molecule has 0 aromatic heterocycles. The number of carbonyl (C=O) groups excluding carboxylic acids is 1. The molecule has 0 saturated carbocycles. The number of hydrogen-bond acceptors (Lipinski definition) is 3. The fourth-order valence-electron chi connectivity index (χ4n) is 4.21. The van der Waals surface area contributed by atoms with Crippen molar-refractivity contribution in [2.24, 2.45) is 11.8 Å². The van der Waals surface area contributed by atoms with Crippen molar-refractivity contribution in [3.63, 3.8) is 0 Å². The van der Waals surface area contributed by atoms with Crippen molar-refractivity contribution in [3.05, 3.63) is 58.9 Å². The van der Waals surface area contributed by atoms with E-state index in [4.69, 9.17) is 0 Å². The summed E-state index contributed by atoms with van der Waals surface area (Å²) in [6.07, 6.45) is 0.642. The number of carbonyl (C=O) groups is 2. The summed E-state index contributed by atoms with van der Waals surface area (Å²) >= 11 is 0. The van der Waals surface area contributed by atoms with Crippen LogP contribution in [0.25, 0.3) is 0 Å². The molecule has 1 atom stereocenters. The minimum Gasteiger partial charge on any atom is -0.481 e. The molecule has 2 N–H and O–H groups in total. The molecule has 6 heteroatoms. The summed E-state index contributed by atoms with van der Waals surface area (Å²) in [6.45, 7) is 13.5. The summed E-state index contributed by atoms with van der Waals surface area (Å²) in [7, 11) is 0. The summed E-state index contributed by atoms with van der Waals surface area (Å²) in [6, 6.07) is 10.9. The van der Waals surface area contributed by atoms with Crippen LogP contribution in [-0.2, 0) is 16.0 Å². The third-order valence-corrected chi connectivity index (χ3v) is 5.72. The Kier molecular flexibility index (Phi) is 10.1. The number of hydrogen-bond donors (Lipinski definition) is 2. The SMILES string of the molecule is CCC(CC(=O)O)c1cc(F)c(N(CC(C)C)CC(C)C)c(NC(=O)Cc2ccc(C)cc2)c1. The molecular formula is C28H39FN2O3. The lowest BCUT2D eigenvalue weighted by Gasteiger charge is -2.31. The summed E-state index contributed by atoms with van der Waals surface area (Å²) in [5, 5.41) is 12.3. The number of aryl methyl sites for hydroxylation is 1. The lowest BCUT2D eigenvalue weighted by molar-refractivity contribution is -0.137. The van der Waals surface area contributed by atoms with Crippen molar-refractivity contribution in [1.29, 1.82) is 0 Å². The van der Waals surface area contributed by atoms with Crippen LogP contribution in [0.15, 0.2) is 36.4 Å². The fraction of sp³-hybridized carbons (Fsp3) is 0.500. The number of rotatable bonds is 12. The molecule has 0 spiro atoms. The van der Waals surface area contributed by atoms with Gasteiger partial charge in [0.25, 0.3) is 0 Å². The minimum atomic E-state index is -0.928. The highest BCUT2D eigenvalue weighted by Gasteiger charge is 2.24. The maximum absolute atomic E-state index is 15.7.